The first kappa shape index (κ1) is 20.0. The molecule has 0 saturated carbocycles. The molecule has 8 nitrogen and oxygen atoms in total. The second kappa shape index (κ2) is 7.88. The Bertz CT molecular complexity index is 1130. The highest BCUT2D eigenvalue weighted by Crippen LogP contribution is 2.30. The molecule has 148 valence electrons. The summed E-state index contributed by atoms with van der Waals surface area (Å²) in [6.45, 7) is 2.42. The minimum absolute atomic E-state index is 0.0640. The van der Waals surface area contributed by atoms with Gasteiger partial charge in [-0.2, -0.15) is 4.37 Å². The summed E-state index contributed by atoms with van der Waals surface area (Å²) in [5.74, 6) is 0.964. The number of fused-ring (bicyclic) bond motifs is 1. The predicted octanol–water partition coefficient (Wildman–Crippen LogP) is 2.73. The van der Waals surface area contributed by atoms with Gasteiger partial charge in [0.1, 0.15) is 0 Å². The van der Waals surface area contributed by atoms with E-state index in [1.165, 1.54) is 35.6 Å². The molecular formula is C14H13ClN6O2S5. The van der Waals surface area contributed by atoms with Crippen LogP contribution >= 0.6 is 59.5 Å². The molecule has 14 heteroatoms. The van der Waals surface area contributed by atoms with E-state index >= 15 is 0 Å². The Kier molecular flexibility index (Phi) is 5.64. The highest BCUT2D eigenvalue weighted by molar-refractivity contribution is 8.23. The molecule has 3 heterocycles. The fourth-order valence-electron chi connectivity index (χ4n) is 2.68. The van der Waals surface area contributed by atoms with E-state index in [1.807, 2.05) is 8.87 Å². The molecule has 0 saturated heterocycles. The summed E-state index contributed by atoms with van der Waals surface area (Å²) in [4.78, 5) is 6.00. The van der Waals surface area contributed by atoms with Crippen molar-refractivity contribution in [1.29, 1.82) is 0 Å². The maximum absolute atomic E-state index is 12.7. The van der Waals surface area contributed by atoms with E-state index in [4.69, 9.17) is 36.0 Å². The Morgan fingerprint density at radius 3 is 2.93 bits per heavy atom. The fourth-order valence-corrected chi connectivity index (χ4v) is 6.28. The Hall–Kier alpha value is -1.25. The number of rotatable bonds is 3. The zero-order valence-electron chi connectivity index (χ0n) is 14.1. The van der Waals surface area contributed by atoms with Crippen LogP contribution in [-0.4, -0.2) is 52.2 Å². The normalized spacial score (nSPS) is 16.2. The maximum atomic E-state index is 12.7. The molecule has 0 spiro atoms. The molecule has 0 unspecified atom stereocenters. The van der Waals surface area contributed by atoms with Gasteiger partial charge in [-0.25, -0.2) is 13.1 Å². The van der Waals surface area contributed by atoms with Gasteiger partial charge < -0.3 is 0 Å². The molecule has 0 atom stereocenters. The van der Waals surface area contributed by atoms with Gasteiger partial charge in [-0.15, -0.1) is 0 Å². The summed E-state index contributed by atoms with van der Waals surface area (Å²) >= 11 is 19.3. The highest BCUT2D eigenvalue weighted by Gasteiger charge is 2.30. The lowest BCUT2D eigenvalue weighted by Gasteiger charge is -2.23. The van der Waals surface area contributed by atoms with Crippen LogP contribution in [0.1, 0.15) is 0 Å². The average molecular weight is 493 g/mol. The van der Waals surface area contributed by atoms with Crippen molar-refractivity contribution < 1.29 is 8.42 Å². The molecule has 0 aliphatic carbocycles. The van der Waals surface area contributed by atoms with Crippen LogP contribution < -0.4 is 9.03 Å². The van der Waals surface area contributed by atoms with Crippen molar-refractivity contribution in [3.05, 3.63) is 33.2 Å². The van der Waals surface area contributed by atoms with Crippen LogP contribution in [0.5, 0.6) is 0 Å². The van der Waals surface area contributed by atoms with Gasteiger partial charge in [-0.05, 0) is 41.9 Å². The van der Waals surface area contributed by atoms with E-state index in [2.05, 4.69) is 14.1 Å². The zero-order chi connectivity index (χ0) is 19.9. The fraction of sp³-hybridized carbons (Fsp3) is 0.286. The lowest BCUT2D eigenvalue weighted by Crippen LogP contribution is -2.44. The highest BCUT2D eigenvalue weighted by atomic mass is 35.5. The SMILES string of the molecule is O=S(=O)(NC1=NCCN1C(=S)SN1CCn2c1nsc2=S)c1cccc(Cl)c1. The number of nitrogens with one attached hydrogen (secondary N) is 1. The van der Waals surface area contributed by atoms with E-state index in [0.717, 1.165) is 23.0 Å². The number of hydrogen-bond acceptors (Lipinski definition) is 9. The predicted molar refractivity (Wildman–Crippen MR) is 119 cm³/mol. The standard InChI is InChI=1S/C14H13ClN6O2S5/c15-9-2-1-3-10(8-9)28(22,23)18-11-16-4-5-19(11)14(25)27-21-7-6-20-12(21)17-26-13(20)24/h1-3,8H,4-7H2,(H,16,18). The van der Waals surface area contributed by atoms with Gasteiger partial charge in [0.05, 0.1) is 18.0 Å². The second-order valence-electron chi connectivity index (χ2n) is 5.78. The van der Waals surface area contributed by atoms with Crippen molar-refractivity contribution in [2.24, 2.45) is 4.99 Å². The lowest BCUT2D eigenvalue weighted by molar-refractivity contribution is 0.588. The van der Waals surface area contributed by atoms with Gasteiger partial charge in [0.15, 0.2) is 8.27 Å². The molecule has 0 radical (unpaired) electrons. The van der Waals surface area contributed by atoms with Crippen LogP contribution in [0.2, 0.25) is 5.02 Å². The van der Waals surface area contributed by atoms with Gasteiger partial charge >= 0.3 is 0 Å². The van der Waals surface area contributed by atoms with Crippen molar-refractivity contribution in [2.75, 3.05) is 23.9 Å². The molecule has 4 rings (SSSR count). The quantitative estimate of drug-likeness (QED) is 0.517. The summed E-state index contributed by atoms with van der Waals surface area (Å²) in [5.41, 5.74) is 0. The molecule has 1 aromatic carbocycles. The number of sulfonamides is 1. The Morgan fingerprint density at radius 2 is 2.14 bits per heavy atom. The van der Waals surface area contributed by atoms with E-state index in [1.54, 1.807) is 17.0 Å². The van der Waals surface area contributed by atoms with Crippen molar-refractivity contribution in [2.45, 2.75) is 11.4 Å². The van der Waals surface area contributed by atoms with E-state index in [-0.39, 0.29) is 10.9 Å². The van der Waals surface area contributed by atoms with E-state index in [0.29, 0.717) is 22.4 Å². The zero-order valence-corrected chi connectivity index (χ0v) is 18.9. The number of hydrogen-bond donors (Lipinski definition) is 1. The van der Waals surface area contributed by atoms with Crippen molar-refractivity contribution in [1.82, 2.24) is 18.6 Å². The Morgan fingerprint density at radius 1 is 1.32 bits per heavy atom. The van der Waals surface area contributed by atoms with Crippen molar-refractivity contribution in [3.63, 3.8) is 0 Å². The van der Waals surface area contributed by atoms with Gasteiger partial charge in [0, 0.05) is 30.1 Å². The van der Waals surface area contributed by atoms with Gasteiger partial charge in [-0.1, -0.05) is 29.9 Å². The Balaban J connectivity index is 1.48. The monoisotopic (exact) mass is 492 g/mol. The first-order valence-electron chi connectivity index (χ1n) is 8.01. The molecule has 0 amide bonds. The summed E-state index contributed by atoms with van der Waals surface area (Å²) < 4.78 is 37.3. The number of guanidine groups is 1. The first-order chi connectivity index (χ1) is 13.3. The second-order valence-corrected chi connectivity index (χ2v) is 11.0. The van der Waals surface area contributed by atoms with Gasteiger partial charge in [0.2, 0.25) is 11.9 Å². The molecule has 0 bridgehead atoms. The maximum Gasteiger partial charge on any atom is 0.264 e. The first-order valence-corrected chi connectivity index (χ1v) is 12.2. The molecule has 2 aromatic rings. The smallest absolute Gasteiger partial charge is 0.264 e. The summed E-state index contributed by atoms with van der Waals surface area (Å²) in [6, 6.07) is 6.05. The van der Waals surface area contributed by atoms with Crippen molar-refractivity contribution >= 4 is 85.8 Å². The molecule has 1 aromatic heterocycles. The number of halogens is 1. The lowest BCUT2D eigenvalue weighted by atomic mass is 10.4. The van der Waals surface area contributed by atoms with Crippen LogP contribution in [0.3, 0.4) is 0 Å². The van der Waals surface area contributed by atoms with Crippen molar-refractivity contribution in [3.8, 4) is 0 Å². The third-order valence-corrected chi connectivity index (χ3v) is 8.02. The number of benzene rings is 1. The minimum atomic E-state index is -3.82. The van der Waals surface area contributed by atoms with Crippen LogP contribution in [0, 0.1) is 3.95 Å². The Labute approximate surface area is 185 Å². The van der Waals surface area contributed by atoms with E-state index in [9.17, 15) is 8.42 Å². The number of aromatic nitrogens is 2. The minimum Gasteiger partial charge on any atom is -0.294 e. The van der Waals surface area contributed by atoms with Gasteiger partial charge in [-0.3, -0.25) is 18.8 Å². The van der Waals surface area contributed by atoms with E-state index < -0.39 is 10.0 Å². The summed E-state index contributed by atoms with van der Waals surface area (Å²) in [6.07, 6.45) is 0. The molecule has 2 aliphatic heterocycles. The molecule has 28 heavy (non-hydrogen) atoms. The van der Waals surface area contributed by atoms with Crippen LogP contribution in [0.25, 0.3) is 0 Å². The van der Waals surface area contributed by atoms with Gasteiger partial charge in [0.25, 0.3) is 10.0 Å². The largest absolute Gasteiger partial charge is 0.294 e. The third-order valence-electron chi connectivity index (χ3n) is 4.00. The molecular weight excluding hydrogens is 480 g/mol. The number of anilines is 1. The summed E-state index contributed by atoms with van der Waals surface area (Å²) in [5, 5.41) is 0.339. The number of thiocarbonyl (C=S) groups is 1. The summed E-state index contributed by atoms with van der Waals surface area (Å²) in [7, 11) is -3.82. The number of nitrogens with zero attached hydrogens (tertiary/aromatic N) is 5. The molecule has 1 N–H and O–H groups in total. The third kappa shape index (κ3) is 3.91. The average Bonchev–Trinajstić information content (AvgIpc) is 3.34. The van der Waals surface area contributed by atoms with Crippen LogP contribution in [-0.2, 0) is 16.6 Å². The molecule has 0 fully saturated rings. The number of aliphatic imine (C=N–C) groups is 1. The topological polar surface area (TPSA) is 82.8 Å². The van der Waals surface area contributed by atoms with Crippen LogP contribution in [0.15, 0.2) is 34.2 Å². The van der Waals surface area contributed by atoms with Crippen LogP contribution in [0.4, 0.5) is 5.95 Å². The molecule has 2 aliphatic rings.